The minimum atomic E-state index is -2.52. The van der Waals surface area contributed by atoms with Gasteiger partial charge in [0, 0.05) is 16.3 Å². The second-order valence-corrected chi connectivity index (χ2v) is 5.30. The number of carbonyl (C=O) groups is 1. The van der Waals surface area contributed by atoms with Crippen molar-refractivity contribution in [1.29, 1.82) is 0 Å². The predicted octanol–water partition coefficient (Wildman–Crippen LogP) is 4.11. The summed E-state index contributed by atoms with van der Waals surface area (Å²) in [5.41, 5.74) is 1.97. The van der Waals surface area contributed by atoms with Crippen LogP contribution in [0.4, 0.5) is 8.78 Å². The van der Waals surface area contributed by atoms with E-state index in [2.05, 4.69) is 0 Å². The number of carboxylic acids is 1. The molecule has 0 aliphatic rings. The first-order valence-electron chi connectivity index (χ1n) is 5.88. The molecule has 0 radical (unpaired) electrons. The Hall–Kier alpha value is -1.82. The molecule has 0 saturated carbocycles. The number of hydrogen-bond acceptors (Lipinski definition) is 2. The van der Waals surface area contributed by atoms with E-state index in [1.54, 1.807) is 48.7 Å². The molecule has 2 aromatic rings. The number of rotatable bonds is 4. The molecular weight excluding hydrogens is 284 g/mol. The fourth-order valence-electron chi connectivity index (χ4n) is 2.19. The summed E-state index contributed by atoms with van der Waals surface area (Å²) in [7, 11) is 0. The van der Waals surface area contributed by atoms with Gasteiger partial charge in [0.1, 0.15) is 0 Å². The highest BCUT2D eigenvalue weighted by molar-refractivity contribution is 7.99. The number of carboxylic acid groups (broad SMARTS) is 1. The number of hydrogen-bond donors (Lipinski definition) is 1. The highest BCUT2D eigenvalue weighted by atomic mass is 32.2. The number of alkyl halides is 2. The lowest BCUT2D eigenvalue weighted by Gasteiger charge is -2.14. The van der Waals surface area contributed by atoms with Gasteiger partial charge in [0.15, 0.2) is 0 Å². The van der Waals surface area contributed by atoms with Crippen LogP contribution in [-0.2, 0) is 0 Å². The van der Waals surface area contributed by atoms with Crippen LogP contribution in [0.2, 0.25) is 0 Å². The van der Waals surface area contributed by atoms with Crippen LogP contribution in [0, 0.1) is 13.8 Å². The number of benzene rings is 1. The monoisotopic (exact) mass is 297 g/mol. The average Bonchev–Trinajstić information content (AvgIpc) is 2.65. The van der Waals surface area contributed by atoms with E-state index < -0.39 is 11.7 Å². The lowest BCUT2D eigenvalue weighted by atomic mass is 10.2. The summed E-state index contributed by atoms with van der Waals surface area (Å²) in [6, 6.07) is 8.27. The summed E-state index contributed by atoms with van der Waals surface area (Å²) in [6.07, 6.45) is 0. The van der Waals surface area contributed by atoms with E-state index >= 15 is 0 Å². The van der Waals surface area contributed by atoms with Gasteiger partial charge in [-0.3, -0.25) is 0 Å². The number of aromatic nitrogens is 1. The Morgan fingerprint density at radius 3 is 2.50 bits per heavy atom. The highest BCUT2D eigenvalue weighted by Crippen LogP contribution is 2.33. The van der Waals surface area contributed by atoms with Gasteiger partial charge in [0.25, 0.3) is 5.76 Å². The zero-order valence-electron chi connectivity index (χ0n) is 10.9. The molecular formula is C14H13F2NO2S. The van der Waals surface area contributed by atoms with Gasteiger partial charge in [-0.25, -0.2) is 4.79 Å². The Bertz CT molecular complexity index is 653. The molecule has 1 heterocycles. The van der Waals surface area contributed by atoms with Crippen molar-refractivity contribution in [2.75, 3.05) is 0 Å². The topological polar surface area (TPSA) is 42.2 Å². The van der Waals surface area contributed by atoms with E-state index in [0.717, 1.165) is 0 Å². The van der Waals surface area contributed by atoms with Crippen molar-refractivity contribution in [1.82, 2.24) is 4.57 Å². The van der Waals surface area contributed by atoms with Crippen molar-refractivity contribution in [3.05, 3.63) is 47.3 Å². The van der Waals surface area contributed by atoms with Crippen molar-refractivity contribution in [3.63, 3.8) is 0 Å². The fraction of sp³-hybridized carbons (Fsp3) is 0.214. The molecule has 0 saturated heterocycles. The smallest absolute Gasteiger partial charge is 0.337 e. The normalized spacial score (nSPS) is 11.1. The molecule has 0 atom stereocenters. The molecule has 0 amide bonds. The summed E-state index contributed by atoms with van der Waals surface area (Å²) >= 11 is 0.453. The second kappa shape index (κ2) is 5.66. The maximum absolute atomic E-state index is 12.6. The number of thioether (sulfide) groups is 1. The molecule has 0 spiro atoms. The third-order valence-electron chi connectivity index (χ3n) is 2.98. The molecule has 1 N–H and O–H groups in total. The molecule has 2 rings (SSSR count). The molecule has 0 unspecified atom stereocenters. The number of aryl methyl sites for hydroxylation is 1. The van der Waals surface area contributed by atoms with Crippen LogP contribution in [0.25, 0.3) is 5.69 Å². The minimum Gasteiger partial charge on any atom is -0.478 e. The Labute approximate surface area is 119 Å². The maximum atomic E-state index is 12.6. The molecule has 1 aromatic heterocycles. The molecule has 0 aliphatic heterocycles. The van der Waals surface area contributed by atoms with Crippen molar-refractivity contribution < 1.29 is 18.7 Å². The zero-order valence-corrected chi connectivity index (χ0v) is 11.7. The van der Waals surface area contributed by atoms with Gasteiger partial charge < -0.3 is 9.67 Å². The first-order chi connectivity index (χ1) is 9.41. The molecule has 3 nitrogen and oxygen atoms in total. The number of aromatic carboxylic acids is 1. The standard InChI is InChI=1S/C14H13F2NO2S/c1-8-7-10(13(18)19)9(2)17(8)11-5-3-4-6-12(11)20-14(15)16/h3-7,14H,1-2H3,(H,18,19). The van der Waals surface area contributed by atoms with Crippen molar-refractivity contribution >= 4 is 17.7 Å². The van der Waals surface area contributed by atoms with Gasteiger partial charge in [-0.1, -0.05) is 23.9 Å². The summed E-state index contributed by atoms with van der Waals surface area (Å²) in [4.78, 5) is 11.6. The largest absolute Gasteiger partial charge is 0.478 e. The Balaban J connectivity index is 2.60. The van der Waals surface area contributed by atoms with E-state index in [1.165, 1.54) is 0 Å². The first-order valence-corrected chi connectivity index (χ1v) is 6.76. The van der Waals surface area contributed by atoms with Crippen LogP contribution < -0.4 is 0 Å². The van der Waals surface area contributed by atoms with Gasteiger partial charge in [-0.15, -0.1) is 0 Å². The zero-order chi connectivity index (χ0) is 14.9. The lowest BCUT2D eigenvalue weighted by molar-refractivity contribution is 0.0696. The number of para-hydroxylation sites is 1. The molecule has 106 valence electrons. The van der Waals surface area contributed by atoms with E-state index in [4.69, 9.17) is 5.11 Å². The Morgan fingerprint density at radius 2 is 1.95 bits per heavy atom. The van der Waals surface area contributed by atoms with Crippen LogP contribution in [0.3, 0.4) is 0 Å². The van der Waals surface area contributed by atoms with Gasteiger partial charge in [0.05, 0.1) is 11.3 Å². The SMILES string of the molecule is Cc1cc(C(=O)O)c(C)n1-c1ccccc1SC(F)F. The molecule has 0 aliphatic carbocycles. The van der Waals surface area contributed by atoms with Gasteiger partial charge in [0.2, 0.25) is 0 Å². The number of nitrogens with zero attached hydrogens (tertiary/aromatic N) is 1. The van der Waals surface area contributed by atoms with E-state index in [0.29, 0.717) is 33.7 Å². The quantitative estimate of drug-likeness (QED) is 0.864. The van der Waals surface area contributed by atoms with E-state index in [9.17, 15) is 13.6 Å². The Kier molecular flexibility index (Phi) is 4.13. The average molecular weight is 297 g/mol. The van der Waals surface area contributed by atoms with E-state index in [-0.39, 0.29) is 5.56 Å². The summed E-state index contributed by atoms with van der Waals surface area (Å²) in [5.74, 6) is -3.55. The van der Waals surface area contributed by atoms with Crippen LogP contribution in [-0.4, -0.2) is 21.4 Å². The van der Waals surface area contributed by atoms with Crippen LogP contribution in [0.15, 0.2) is 35.2 Å². The van der Waals surface area contributed by atoms with Crippen molar-refractivity contribution in [3.8, 4) is 5.69 Å². The first kappa shape index (κ1) is 14.6. The van der Waals surface area contributed by atoms with Crippen LogP contribution >= 0.6 is 11.8 Å². The molecule has 0 fully saturated rings. The lowest BCUT2D eigenvalue weighted by Crippen LogP contribution is -2.04. The van der Waals surface area contributed by atoms with Gasteiger partial charge >= 0.3 is 5.97 Å². The maximum Gasteiger partial charge on any atom is 0.337 e. The van der Waals surface area contributed by atoms with Crippen LogP contribution in [0.1, 0.15) is 21.7 Å². The van der Waals surface area contributed by atoms with E-state index in [1.807, 2.05) is 0 Å². The summed E-state index contributed by atoms with van der Waals surface area (Å²) in [6.45, 7) is 3.42. The molecule has 20 heavy (non-hydrogen) atoms. The van der Waals surface area contributed by atoms with Gasteiger partial charge in [-0.2, -0.15) is 8.78 Å². The summed E-state index contributed by atoms with van der Waals surface area (Å²) < 4.78 is 26.9. The van der Waals surface area contributed by atoms with Gasteiger partial charge in [-0.05, 0) is 32.0 Å². The molecule has 6 heteroatoms. The Morgan fingerprint density at radius 1 is 1.30 bits per heavy atom. The molecule has 1 aromatic carbocycles. The predicted molar refractivity (Wildman–Crippen MR) is 74.1 cm³/mol. The second-order valence-electron chi connectivity index (χ2n) is 4.27. The summed E-state index contributed by atoms with van der Waals surface area (Å²) in [5, 5.41) is 9.13. The van der Waals surface area contributed by atoms with Crippen molar-refractivity contribution in [2.24, 2.45) is 0 Å². The third kappa shape index (κ3) is 2.70. The fourth-order valence-corrected chi connectivity index (χ4v) is 2.82. The van der Waals surface area contributed by atoms with Crippen molar-refractivity contribution in [2.45, 2.75) is 24.5 Å². The minimum absolute atomic E-state index is 0.180. The highest BCUT2D eigenvalue weighted by Gasteiger charge is 2.18. The van der Waals surface area contributed by atoms with Crippen LogP contribution in [0.5, 0.6) is 0 Å². The number of halogens is 2. The third-order valence-corrected chi connectivity index (χ3v) is 3.76. The molecule has 0 bridgehead atoms.